The summed E-state index contributed by atoms with van der Waals surface area (Å²) in [6.07, 6.45) is 1.82. The number of methoxy groups -OCH3 is 1. The largest absolute Gasteiger partial charge is 0.493 e. The summed E-state index contributed by atoms with van der Waals surface area (Å²) in [5.74, 6) is 2.02. The number of hydrogen-bond donors (Lipinski definition) is 0. The van der Waals surface area contributed by atoms with Crippen LogP contribution in [0.4, 0.5) is 0 Å². The third kappa shape index (κ3) is 3.07. The molecule has 0 aliphatic heterocycles. The summed E-state index contributed by atoms with van der Waals surface area (Å²) in [6, 6.07) is 5.46. The van der Waals surface area contributed by atoms with Crippen LogP contribution in [0.1, 0.15) is 6.92 Å². The normalized spacial score (nSPS) is 10.8. The Labute approximate surface area is 141 Å². The van der Waals surface area contributed by atoms with Gasteiger partial charge in [-0.3, -0.25) is 4.68 Å². The molecular formula is C15H15BrN4O3. The maximum Gasteiger partial charge on any atom is 0.269 e. The fourth-order valence-electron chi connectivity index (χ4n) is 2.12. The number of aryl methyl sites for hydroxylation is 1. The van der Waals surface area contributed by atoms with Gasteiger partial charge in [-0.1, -0.05) is 0 Å². The molecule has 0 aliphatic carbocycles. The summed E-state index contributed by atoms with van der Waals surface area (Å²) in [5.41, 5.74) is 1.35. The molecule has 0 fully saturated rings. The molecule has 0 spiro atoms. The number of hydrogen-bond acceptors (Lipinski definition) is 6. The molecule has 0 radical (unpaired) electrons. The smallest absolute Gasteiger partial charge is 0.269 e. The summed E-state index contributed by atoms with van der Waals surface area (Å²) in [7, 11) is 3.41. The van der Waals surface area contributed by atoms with Gasteiger partial charge in [0.2, 0.25) is 5.89 Å². The standard InChI is InChI=1S/C15H15BrN4O3/c1-4-22-11-6-5-9(7-12(11)21-3)14-17-18-15(23-14)13-10(16)8-20(2)19-13/h5-8H,4H2,1-3H3. The van der Waals surface area contributed by atoms with E-state index in [-0.39, 0.29) is 0 Å². The van der Waals surface area contributed by atoms with Crippen molar-refractivity contribution in [2.75, 3.05) is 13.7 Å². The van der Waals surface area contributed by atoms with Crippen molar-refractivity contribution in [3.05, 3.63) is 28.9 Å². The fourth-order valence-corrected chi connectivity index (χ4v) is 2.66. The summed E-state index contributed by atoms with van der Waals surface area (Å²) in [5, 5.41) is 12.4. The third-order valence-electron chi connectivity index (χ3n) is 3.12. The average molecular weight is 379 g/mol. The molecule has 0 aliphatic rings. The van der Waals surface area contributed by atoms with E-state index in [9.17, 15) is 0 Å². The molecule has 23 heavy (non-hydrogen) atoms. The second kappa shape index (κ2) is 6.41. The van der Waals surface area contributed by atoms with E-state index in [1.54, 1.807) is 17.9 Å². The highest BCUT2D eigenvalue weighted by Crippen LogP contribution is 2.33. The van der Waals surface area contributed by atoms with Crippen LogP contribution in [-0.4, -0.2) is 33.7 Å². The first-order valence-electron chi connectivity index (χ1n) is 6.96. The van der Waals surface area contributed by atoms with Gasteiger partial charge in [-0.05, 0) is 41.1 Å². The molecule has 0 N–H and O–H groups in total. The molecule has 0 bridgehead atoms. The molecule has 0 unspecified atom stereocenters. The predicted molar refractivity (Wildman–Crippen MR) is 87.4 cm³/mol. The summed E-state index contributed by atoms with van der Waals surface area (Å²) >= 11 is 3.42. The van der Waals surface area contributed by atoms with Crippen LogP contribution in [0, 0.1) is 0 Å². The second-order valence-electron chi connectivity index (χ2n) is 4.71. The van der Waals surface area contributed by atoms with E-state index in [0.717, 1.165) is 10.0 Å². The van der Waals surface area contributed by atoms with Crippen LogP contribution in [0.5, 0.6) is 11.5 Å². The highest BCUT2D eigenvalue weighted by molar-refractivity contribution is 9.10. The number of halogens is 1. The Morgan fingerprint density at radius 2 is 2.00 bits per heavy atom. The van der Waals surface area contributed by atoms with Gasteiger partial charge in [0.05, 0.1) is 18.2 Å². The van der Waals surface area contributed by atoms with Gasteiger partial charge in [-0.2, -0.15) is 5.10 Å². The minimum Gasteiger partial charge on any atom is -0.493 e. The zero-order valence-corrected chi connectivity index (χ0v) is 14.5. The molecule has 0 saturated carbocycles. The lowest BCUT2D eigenvalue weighted by atomic mass is 10.2. The number of benzene rings is 1. The van der Waals surface area contributed by atoms with Crippen LogP contribution in [0.2, 0.25) is 0 Å². The summed E-state index contributed by atoms with van der Waals surface area (Å²) in [6.45, 7) is 2.48. The Morgan fingerprint density at radius 3 is 2.65 bits per heavy atom. The van der Waals surface area contributed by atoms with Crippen molar-refractivity contribution in [1.82, 2.24) is 20.0 Å². The molecule has 3 aromatic rings. The maximum atomic E-state index is 5.72. The number of ether oxygens (including phenoxy) is 2. The Morgan fingerprint density at radius 1 is 1.22 bits per heavy atom. The zero-order chi connectivity index (χ0) is 16.4. The van der Waals surface area contributed by atoms with Crippen LogP contribution in [-0.2, 0) is 7.05 Å². The molecule has 120 valence electrons. The first-order valence-corrected chi connectivity index (χ1v) is 7.76. The van der Waals surface area contributed by atoms with Crippen molar-refractivity contribution in [2.45, 2.75) is 6.92 Å². The van der Waals surface area contributed by atoms with Gasteiger partial charge in [0.15, 0.2) is 17.2 Å². The van der Waals surface area contributed by atoms with Gasteiger partial charge in [0.1, 0.15) is 0 Å². The molecule has 1 aromatic carbocycles. The van der Waals surface area contributed by atoms with Gasteiger partial charge in [0, 0.05) is 18.8 Å². The first-order chi connectivity index (χ1) is 11.1. The Balaban J connectivity index is 1.95. The Hall–Kier alpha value is -2.35. The van der Waals surface area contributed by atoms with E-state index >= 15 is 0 Å². The van der Waals surface area contributed by atoms with Crippen molar-refractivity contribution < 1.29 is 13.9 Å². The predicted octanol–water partition coefficient (Wildman–Crippen LogP) is 3.31. The number of rotatable bonds is 5. The Bertz CT molecular complexity index is 828. The topological polar surface area (TPSA) is 75.2 Å². The minimum absolute atomic E-state index is 0.348. The van der Waals surface area contributed by atoms with Crippen molar-refractivity contribution >= 4 is 15.9 Å². The van der Waals surface area contributed by atoms with E-state index in [4.69, 9.17) is 13.9 Å². The lowest BCUT2D eigenvalue weighted by Gasteiger charge is -2.09. The van der Waals surface area contributed by atoms with Crippen molar-refractivity contribution in [3.8, 4) is 34.5 Å². The summed E-state index contributed by atoms with van der Waals surface area (Å²) in [4.78, 5) is 0. The second-order valence-corrected chi connectivity index (χ2v) is 5.56. The summed E-state index contributed by atoms with van der Waals surface area (Å²) < 4.78 is 19.0. The van der Waals surface area contributed by atoms with Crippen molar-refractivity contribution in [2.24, 2.45) is 7.05 Å². The quantitative estimate of drug-likeness (QED) is 0.677. The van der Waals surface area contributed by atoms with E-state index in [1.165, 1.54) is 0 Å². The van der Waals surface area contributed by atoms with Crippen LogP contribution in [0.25, 0.3) is 23.0 Å². The monoisotopic (exact) mass is 378 g/mol. The lowest BCUT2D eigenvalue weighted by Crippen LogP contribution is -1.95. The van der Waals surface area contributed by atoms with E-state index < -0.39 is 0 Å². The molecular weight excluding hydrogens is 364 g/mol. The SMILES string of the molecule is CCOc1ccc(-c2nnc(-c3nn(C)cc3Br)o2)cc1OC. The van der Waals surface area contributed by atoms with Gasteiger partial charge in [-0.15, -0.1) is 10.2 Å². The molecule has 2 aromatic heterocycles. The molecule has 7 nitrogen and oxygen atoms in total. The van der Waals surface area contributed by atoms with Gasteiger partial charge in [0.25, 0.3) is 5.89 Å². The molecule has 2 heterocycles. The zero-order valence-electron chi connectivity index (χ0n) is 12.9. The van der Waals surface area contributed by atoms with Crippen LogP contribution < -0.4 is 9.47 Å². The van der Waals surface area contributed by atoms with Crippen LogP contribution in [0.15, 0.2) is 33.3 Å². The lowest BCUT2D eigenvalue weighted by molar-refractivity contribution is 0.311. The number of aromatic nitrogens is 4. The van der Waals surface area contributed by atoms with Crippen LogP contribution >= 0.6 is 15.9 Å². The van der Waals surface area contributed by atoms with E-state index in [2.05, 4.69) is 31.2 Å². The third-order valence-corrected chi connectivity index (χ3v) is 3.70. The van der Waals surface area contributed by atoms with Crippen molar-refractivity contribution in [1.29, 1.82) is 0 Å². The minimum atomic E-state index is 0.348. The molecule has 0 atom stereocenters. The molecule has 3 rings (SSSR count). The van der Waals surface area contributed by atoms with E-state index in [0.29, 0.717) is 35.6 Å². The highest BCUT2D eigenvalue weighted by Gasteiger charge is 2.17. The van der Waals surface area contributed by atoms with Gasteiger partial charge in [-0.25, -0.2) is 0 Å². The molecule has 0 amide bonds. The number of nitrogens with zero attached hydrogens (tertiary/aromatic N) is 4. The fraction of sp³-hybridized carbons (Fsp3) is 0.267. The maximum absolute atomic E-state index is 5.72. The van der Waals surface area contributed by atoms with Gasteiger partial charge < -0.3 is 13.9 Å². The Kier molecular flexibility index (Phi) is 4.33. The first kappa shape index (κ1) is 15.5. The highest BCUT2D eigenvalue weighted by atomic mass is 79.9. The van der Waals surface area contributed by atoms with Gasteiger partial charge >= 0.3 is 0 Å². The average Bonchev–Trinajstić information content (AvgIpc) is 3.14. The molecule has 8 heteroatoms. The van der Waals surface area contributed by atoms with Crippen molar-refractivity contribution in [3.63, 3.8) is 0 Å². The van der Waals surface area contributed by atoms with Crippen LogP contribution in [0.3, 0.4) is 0 Å². The molecule has 0 saturated heterocycles. The van der Waals surface area contributed by atoms with E-state index in [1.807, 2.05) is 32.3 Å².